The zero-order valence-electron chi connectivity index (χ0n) is 10.9. The van der Waals surface area contributed by atoms with E-state index in [0.29, 0.717) is 17.8 Å². The van der Waals surface area contributed by atoms with Gasteiger partial charge in [-0.3, -0.25) is 4.79 Å². The van der Waals surface area contributed by atoms with E-state index in [0.717, 1.165) is 12.8 Å². The number of rotatable bonds is 3. The van der Waals surface area contributed by atoms with E-state index < -0.39 is 29.0 Å². The number of nitrogen functional groups attached to an aromatic ring is 1. The summed E-state index contributed by atoms with van der Waals surface area (Å²) in [5.41, 5.74) is 5.60. The molecule has 0 bridgehead atoms. The minimum Gasteiger partial charge on any atom is -0.397 e. The van der Waals surface area contributed by atoms with Gasteiger partial charge in [0.2, 0.25) is 0 Å². The largest absolute Gasteiger partial charge is 0.397 e. The number of carbonyl (C=O) groups is 1. The van der Waals surface area contributed by atoms with Crippen LogP contribution < -0.4 is 11.1 Å². The highest BCUT2D eigenvalue weighted by Crippen LogP contribution is 2.37. The number of amides is 1. The Kier molecular flexibility index (Phi) is 3.12. The van der Waals surface area contributed by atoms with Crippen molar-refractivity contribution < 1.29 is 18.0 Å². The predicted molar refractivity (Wildman–Crippen MR) is 71.4 cm³/mol. The first-order chi connectivity index (χ1) is 9.95. The number of anilines is 2. The smallest absolute Gasteiger partial charge is 0.272 e. The van der Waals surface area contributed by atoms with E-state index in [1.165, 1.54) is 6.07 Å². The van der Waals surface area contributed by atoms with E-state index in [1.807, 2.05) is 0 Å². The SMILES string of the molecule is Nc1cc(C(=O)Nc2c(F)cc(F)cc2F)n(C2CC2)c1. The van der Waals surface area contributed by atoms with Gasteiger partial charge >= 0.3 is 0 Å². The van der Waals surface area contributed by atoms with E-state index in [-0.39, 0.29) is 11.7 Å². The Labute approximate surface area is 118 Å². The molecule has 1 fully saturated rings. The molecule has 110 valence electrons. The van der Waals surface area contributed by atoms with Crippen LogP contribution in [0.1, 0.15) is 29.4 Å². The molecule has 3 N–H and O–H groups in total. The molecule has 0 spiro atoms. The van der Waals surface area contributed by atoms with Gasteiger partial charge in [0.1, 0.15) is 17.2 Å². The molecular formula is C14H12F3N3O. The third-order valence-corrected chi connectivity index (χ3v) is 3.29. The normalized spacial score (nSPS) is 14.2. The molecule has 1 heterocycles. The third-order valence-electron chi connectivity index (χ3n) is 3.29. The molecule has 1 saturated carbocycles. The molecule has 0 unspecified atom stereocenters. The second kappa shape index (κ2) is 4.83. The summed E-state index contributed by atoms with van der Waals surface area (Å²) in [5.74, 6) is -4.08. The van der Waals surface area contributed by atoms with Gasteiger partial charge < -0.3 is 15.6 Å². The minimum atomic E-state index is -1.17. The summed E-state index contributed by atoms with van der Waals surface area (Å²) >= 11 is 0. The highest BCUT2D eigenvalue weighted by molar-refractivity contribution is 6.04. The molecule has 0 saturated heterocycles. The average molecular weight is 295 g/mol. The number of aromatic nitrogens is 1. The third kappa shape index (κ3) is 2.58. The Morgan fingerprint density at radius 2 is 1.81 bits per heavy atom. The van der Waals surface area contributed by atoms with Crippen LogP contribution in [0.2, 0.25) is 0 Å². The van der Waals surface area contributed by atoms with Gasteiger partial charge in [-0.25, -0.2) is 13.2 Å². The van der Waals surface area contributed by atoms with Crippen molar-refractivity contribution in [3.8, 4) is 0 Å². The van der Waals surface area contributed by atoms with Crippen molar-refractivity contribution in [2.75, 3.05) is 11.1 Å². The van der Waals surface area contributed by atoms with Gasteiger partial charge in [-0.15, -0.1) is 0 Å². The number of nitrogens with zero attached hydrogens (tertiary/aromatic N) is 1. The minimum absolute atomic E-state index is 0.186. The molecule has 21 heavy (non-hydrogen) atoms. The zero-order valence-corrected chi connectivity index (χ0v) is 10.9. The van der Waals surface area contributed by atoms with Crippen LogP contribution in [0.3, 0.4) is 0 Å². The average Bonchev–Trinajstić information content (AvgIpc) is 3.16. The molecule has 1 aliphatic rings. The lowest BCUT2D eigenvalue weighted by Gasteiger charge is -2.10. The van der Waals surface area contributed by atoms with Gasteiger partial charge in [-0.05, 0) is 18.9 Å². The fourth-order valence-electron chi connectivity index (χ4n) is 2.18. The molecule has 7 heteroatoms. The number of nitrogens with one attached hydrogen (secondary N) is 1. The Morgan fingerprint density at radius 3 is 2.38 bits per heavy atom. The lowest BCUT2D eigenvalue weighted by atomic mass is 10.2. The second-order valence-corrected chi connectivity index (χ2v) is 5.00. The predicted octanol–water partition coefficient (Wildman–Crippen LogP) is 3.07. The zero-order chi connectivity index (χ0) is 15.1. The van der Waals surface area contributed by atoms with Gasteiger partial charge in [0.05, 0.1) is 5.69 Å². The summed E-state index contributed by atoms with van der Waals surface area (Å²) in [6.07, 6.45) is 3.46. The van der Waals surface area contributed by atoms with Crippen LogP contribution in [0.5, 0.6) is 0 Å². The molecule has 1 aliphatic carbocycles. The standard InChI is InChI=1S/C14H12F3N3O/c15-7-3-10(16)13(11(17)4-7)19-14(21)12-5-8(18)6-20(12)9-1-2-9/h3-6,9H,1-2,18H2,(H,19,21). The van der Waals surface area contributed by atoms with E-state index in [1.54, 1.807) is 10.8 Å². The monoisotopic (exact) mass is 295 g/mol. The summed E-state index contributed by atoms with van der Waals surface area (Å²) in [5, 5.41) is 2.13. The van der Waals surface area contributed by atoms with Crippen molar-refractivity contribution >= 4 is 17.3 Å². The fourth-order valence-corrected chi connectivity index (χ4v) is 2.18. The van der Waals surface area contributed by atoms with Gasteiger partial charge in [-0.1, -0.05) is 0 Å². The lowest BCUT2D eigenvalue weighted by Crippen LogP contribution is -2.18. The number of hydrogen-bond acceptors (Lipinski definition) is 2. The van der Waals surface area contributed by atoms with Gasteiger partial charge in [0.15, 0.2) is 11.6 Å². The summed E-state index contributed by atoms with van der Waals surface area (Å²) in [7, 11) is 0. The fraction of sp³-hybridized carbons (Fsp3) is 0.214. The number of nitrogens with two attached hydrogens (primary N) is 1. The van der Waals surface area contributed by atoms with E-state index in [9.17, 15) is 18.0 Å². The molecular weight excluding hydrogens is 283 g/mol. The maximum atomic E-state index is 13.5. The van der Waals surface area contributed by atoms with Crippen LogP contribution in [0, 0.1) is 17.5 Å². The molecule has 3 rings (SSSR count). The van der Waals surface area contributed by atoms with Crippen LogP contribution in [-0.2, 0) is 0 Å². The van der Waals surface area contributed by atoms with Gasteiger partial charge in [-0.2, -0.15) is 0 Å². The van der Waals surface area contributed by atoms with E-state index >= 15 is 0 Å². The van der Waals surface area contributed by atoms with Crippen LogP contribution >= 0.6 is 0 Å². The molecule has 1 aromatic heterocycles. The molecule has 0 atom stereocenters. The Bertz CT molecular complexity index is 699. The van der Waals surface area contributed by atoms with Crippen LogP contribution in [0.15, 0.2) is 24.4 Å². The number of hydrogen-bond donors (Lipinski definition) is 2. The summed E-state index contributed by atoms with van der Waals surface area (Å²) in [6, 6.07) is 2.64. The van der Waals surface area contributed by atoms with Crippen LogP contribution in [0.4, 0.5) is 24.5 Å². The number of carbonyl (C=O) groups excluding carboxylic acids is 1. The second-order valence-electron chi connectivity index (χ2n) is 5.00. The molecule has 2 aromatic rings. The van der Waals surface area contributed by atoms with Crippen molar-refractivity contribution in [2.45, 2.75) is 18.9 Å². The van der Waals surface area contributed by atoms with E-state index in [2.05, 4.69) is 5.32 Å². The lowest BCUT2D eigenvalue weighted by molar-refractivity contribution is 0.101. The maximum absolute atomic E-state index is 13.5. The summed E-state index contributed by atoms with van der Waals surface area (Å²) in [6.45, 7) is 0. The van der Waals surface area contributed by atoms with Crippen molar-refractivity contribution in [1.29, 1.82) is 0 Å². The van der Waals surface area contributed by atoms with Crippen molar-refractivity contribution in [2.24, 2.45) is 0 Å². The molecule has 1 aromatic carbocycles. The van der Waals surface area contributed by atoms with Crippen LogP contribution in [-0.4, -0.2) is 10.5 Å². The van der Waals surface area contributed by atoms with Crippen molar-refractivity contribution in [1.82, 2.24) is 4.57 Å². The summed E-state index contributed by atoms with van der Waals surface area (Å²) < 4.78 is 41.6. The molecule has 0 aliphatic heterocycles. The first kappa shape index (κ1) is 13.5. The highest BCUT2D eigenvalue weighted by Gasteiger charge is 2.28. The Hall–Kier alpha value is -2.44. The first-order valence-electron chi connectivity index (χ1n) is 6.39. The number of benzene rings is 1. The van der Waals surface area contributed by atoms with E-state index in [4.69, 9.17) is 5.73 Å². The highest BCUT2D eigenvalue weighted by atomic mass is 19.1. The Morgan fingerprint density at radius 1 is 1.19 bits per heavy atom. The maximum Gasteiger partial charge on any atom is 0.272 e. The van der Waals surface area contributed by atoms with Gasteiger partial charge in [0.25, 0.3) is 5.91 Å². The molecule has 0 radical (unpaired) electrons. The quantitative estimate of drug-likeness (QED) is 0.914. The van der Waals surface area contributed by atoms with Crippen LogP contribution in [0.25, 0.3) is 0 Å². The van der Waals surface area contributed by atoms with Crippen molar-refractivity contribution in [3.63, 3.8) is 0 Å². The first-order valence-corrected chi connectivity index (χ1v) is 6.39. The van der Waals surface area contributed by atoms with Crippen molar-refractivity contribution in [3.05, 3.63) is 47.5 Å². The Balaban J connectivity index is 1.90. The summed E-state index contributed by atoms with van der Waals surface area (Å²) in [4.78, 5) is 12.2. The molecule has 1 amide bonds. The van der Waals surface area contributed by atoms with Gasteiger partial charge in [0, 0.05) is 24.4 Å². The topological polar surface area (TPSA) is 60.1 Å². The molecule has 4 nitrogen and oxygen atoms in total. The number of halogens is 3.